The van der Waals surface area contributed by atoms with Crippen molar-refractivity contribution in [2.75, 3.05) is 5.73 Å². The van der Waals surface area contributed by atoms with Crippen molar-refractivity contribution in [3.63, 3.8) is 0 Å². The summed E-state index contributed by atoms with van der Waals surface area (Å²) in [7, 11) is 0. The van der Waals surface area contributed by atoms with Crippen LogP contribution in [0, 0.1) is 5.82 Å². The number of pyridine rings is 1. The number of benzene rings is 1. The second-order valence-electron chi connectivity index (χ2n) is 3.43. The van der Waals surface area contributed by atoms with Gasteiger partial charge < -0.3 is 5.73 Å². The molecule has 17 heavy (non-hydrogen) atoms. The minimum atomic E-state index is -0.310. The maximum atomic E-state index is 13.5. The van der Waals surface area contributed by atoms with E-state index in [0.29, 0.717) is 21.5 Å². The van der Waals surface area contributed by atoms with Crippen LogP contribution in [0.5, 0.6) is 0 Å². The summed E-state index contributed by atoms with van der Waals surface area (Å²) >= 11 is 7.29. The lowest BCUT2D eigenvalue weighted by Gasteiger charge is -2.05. The fourth-order valence-electron chi connectivity index (χ4n) is 1.32. The smallest absolute Gasteiger partial charge is 0.138 e. The molecule has 0 unspecified atom stereocenters. The lowest BCUT2D eigenvalue weighted by atomic mass is 10.3. The predicted molar refractivity (Wildman–Crippen MR) is 69.6 cm³/mol. The first-order valence-electron chi connectivity index (χ1n) is 4.94. The first-order valence-corrected chi connectivity index (χ1v) is 6.30. The summed E-state index contributed by atoms with van der Waals surface area (Å²) in [6.07, 6.45) is 1.63. The van der Waals surface area contributed by atoms with Crippen LogP contribution in [0.1, 0.15) is 5.56 Å². The van der Waals surface area contributed by atoms with Gasteiger partial charge in [-0.1, -0.05) is 17.7 Å². The Labute approximate surface area is 108 Å². The first-order chi connectivity index (χ1) is 8.16. The van der Waals surface area contributed by atoms with E-state index in [-0.39, 0.29) is 5.82 Å². The fraction of sp³-hybridized carbons (Fsp3) is 0.0833. The lowest BCUT2D eigenvalue weighted by Crippen LogP contribution is -1.89. The quantitative estimate of drug-likeness (QED) is 0.523. The molecule has 0 aliphatic heterocycles. The third-order valence-corrected chi connectivity index (χ3v) is 3.61. The summed E-state index contributed by atoms with van der Waals surface area (Å²) in [5, 5.41) is 0.454. The van der Waals surface area contributed by atoms with Gasteiger partial charge >= 0.3 is 0 Å². The number of rotatable bonds is 3. The zero-order valence-corrected chi connectivity index (χ0v) is 10.4. The summed E-state index contributed by atoms with van der Waals surface area (Å²) in [4.78, 5) is 4.52. The molecule has 88 valence electrons. The zero-order valence-electron chi connectivity index (χ0n) is 8.86. The molecule has 0 aliphatic carbocycles. The van der Waals surface area contributed by atoms with Gasteiger partial charge in [-0.05, 0) is 29.8 Å². The number of hydrogen-bond donors (Lipinski definition) is 1. The van der Waals surface area contributed by atoms with E-state index in [4.69, 9.17) is 17.3 Å². The van der Waals surface area contributed by atoms with E-state index in [2.05, 4.69) is 4.98 Å². The topological polar surface area (TPSA) is 38.9 Å². The average Bonchev–Trinajstić information content (AvgIpc) is 2.30. The van der Waals surface area contributed by atoms with E-state index in [1.807, 2.05) is 6.07 Å². The van der Waals surface area contributed by atoms with Gasteiger partial charge in [0.2, 0.25) is 0 Å². The van der Waals surface area contributed by atoms with Gasteiger partial charge in [-0.2, -0.15) is 0 Å². The number of aromatic nitrogens is 1. The second kappa shape index (κ2) is 5.38. The minimum Gasteiger partial charge on any atom is -0.399 e. The molecule has 1 aromatic carbocycles. The fourth-order valence-corrected chi connectivity index (χ4v) is 2.49. The van der Waals surface area contributed by atoms with Crippen LogP contribution >= 0.6 is 23.4 Å². The van der Waals surface area contributed by atoms with Gasteiger partial charge in [-0.3, -0.25) is 0 Å². The van der Waals surface area contributed by atoms with E-state index in [9.17, 15) is 4.39 Å². The summed E-state index contributed by atoms with van der Waals surface area (Å²) in [6, 6.07) is 8.34. The minimum absolute atomic E-state index is 0.310. The number of nitrogens with zero attached hydrogens (tertiary/aromatic N) is 1. The molecule has 0 atom stereocenters. The molecule has 2 nitrogen and oxygen atoms in total. The molecule has 0 spiro atoms. The van der Waals surface area contributed by atoms with Crippen LogP contribution in [0.15, 0.2) is 41.4 Å². The van der Waals surface area contributed by atoms with Crippen LogP contribution in [0.25, 0.3) is 0 Å². The van der Waals surface area contributed by atoms with E-state index in [1.54, 1.807) is 24.4 Å². The molecule has 5 heteroatoms. The molecule has 0 radical (unpaired) electrons. The van der Waals surface area contributed by atoms with E-state index in [0.717, 1.165) is 5.56 Å². The van der Waals surface area contributed by atoms with Crippen molar-refractivity contribution in [2.45, 2.75) is 10.6 Å². The Morgan fingerprint density at radius 1 is 1.35 bits per heavy atom. The Balaban J connectivity index is 2.10. The van der Waals surface area contributed by atoms with Gasteiger partial charge in [0.05, 0.1) is 0 Å². The molecule has 1 heterocycles. The molecular weight excluding hydrogens is 259 g/mol. The molecular formula is C12H10ClFN2S. The molecule has 0 amide bonds. The van der Waals surface area contributed by atoms with Crippen molar-refractivity contribution in [3.8, 4) is 0 Å². The van der Waals surface area contributed by atoms with Crippen LogP contribution in [-0.4, -0.2) is 4.98 Å². The maximum Gasteiger partial charge on any atom is 0.138 e. The highest BCUT2D eigenvalue weighted by atomic mass is 35.5. The van der Waals surface area contributed by atoms with Gasteiger partial charge in [-0.25, -0.2) is 9.37 Å². The van der Waals surface area contributed by atoms with Gasteiger partial charge in [0, 0.05) is 22.5 Å². The summed E-state index contributed by atoms with van der Waals surface area (Å²) in [5.41, 5.74) is 6.79. The third-order valence-electron chi connectivity index (χ3n) is 2.18. The number of nitrogens with two attached hydrogens (primary N) is 1. The highest BCUT2D eigenvalue weighted by Crippen LogP contribution is 2.28. The third kappa shape index (κ3) is 3.11. The maximum absolute atomic E-state index is 13.5. The highest BCUT2D eigenvalue weighted by Gasteiger charge is 2.06. The van der Waals surface area contributed by atoms with Crippen LogP contribution in [-0.2, 0) is 5.75 Å². The monoisotopic (exact) mass is 268 g/mol. The predicted octanol–water partition coefficient (Wildman–Crippen LogP) is 3.75. The van der Waals surface area contributed by atoms with Crippen molar-refractivity contribution < 1.29 is 4.39 Å². The lowest BCUT2D eigenvalue weighted by molar-refractivity contribution is 0.603. The average molecular weight is 269 g/mol. The van der Waals surface area contributed by atoms with Crippen molar-refractivity contribution in [1.82, 2.24) is 4.98 Å². The SMILES string of the molecule is Nc1ccc(SCc2cccnc2Cl)c(F)c1. The van der Waals surface area contributed by atoms with E-state index >= 15 is 0 Å². The molecule has 0 fully saturated rings. The van der Waals surface area contributed by atoms with Crippen LogP contribution in [0.4, 0.5) is 10.1 Å². The van der Waals surface area contributed by atoms with Crippen molar-refractivity contribution in [1.29, 1.82) is 0 Å². The molecule has 2 aromatic rings. The van der Waals surface area contributed by atoms with Crippen molar-refractivity contribution >= 4 is 29.1 Å². The van der Waals surface area contributed by atoms with E-state index in [1.165, 1.54) is 17.8 Å². The molecule has 0 bridgehead atoms. The summed E-state index contributed by atoms with van der Waals surface area (Å²) in [6.45, 7) is 0. The van der Waals surface area contributed by atoms with Gasteiger partial charge in [0.1, 0.15) is 11.0 Å². The van der Waals surface area contributed by atoms with Crippen LogP contribution < -0.4 is 5.73 Å². The Morgan fingerprint density at radius 3 is 2.88 bits per heavy atom. The Morgan fingerprint density at radius 2 is 2.18 bits per heavy atom. The number of thioether (sulfide) groups is 1. The van der Waals surface area contributed by atoms with Crippen LogP contribution in [0.2, 0.25) is 5.15 Å². The highest BCUT2D eigenvalue weighted by molar-refractivity contribution is 7.98. The number of anilines is 1. The van der Waals surface area contributed by atoms with Crippen molar-refractivity contribution in [3.05, 3.63) is 53.1 Å². The molecule has 0 saturated carbocycles. The van der Waals surface area contributed by atoms with Gasteiger partial charge in [0.15, 0.2) is 0 Å². The first kappa shape index (κ1) is 12.2. The zero-order chi connectivity index (χ0) is 12.3. The standard InChI is InChI=1S/C12H10ClFN2S/c13-12-8(2-1-5-16-12)7-17-11-4-3-9(15)6-10(11)14/h1-6H,7,15H2. The Bertz CT molecular complexity index is 534. The summed E-state index contributed by atoms with van der Waals surface area (Å²) in [5.74, 6) is 0.267. The molecule has 1 aromatic heterocycles. The second-order valence-corrected chi connectivity index (χ2v) is 4.81. The molecule has 2 N–H and O–H groups in total. The molecule has 0 aliphatic rings. The number of nitrogen functional groups attached to an aromatic ring is 1. The number of hydrogen-bond acceptors (Lipinski definition) is 3. The van der Waals surface area contributed by atoms with E-state index < -0.39 is 0 Å². The summed E-state index contributed by atoms with van der Waals surface area (Å²) < 4.78 is 13.5. The number of halogens is 2. The largest absolute Gasteiger partial charge is 0.399 e. The van der Waals surface area contributed by atoms with Crippen molar-refractivity contribution in [2.24, 2.45) is 0 Å². The molecule has 0 saturated heterocycles. The van der Waals surface area contributed by atoms with Gasteiger partial charge in [-0.15, -0.1) is 11.8 Å². The molecule has 2 rings (SSSR count). The Hall–Kier alpha value is -1.26. The Kier molecular flexibility index (Phi) is 3.86. The normalized spacial score (nSPS) is 10.5. The van der Waals surface area contributed by atoms with Crippen LogP contribution in [0.3, 0.4) is 0 Å². The van der Waals surface area contributed by atoms with Gasteiger partial charge in [0.25, 0.3) is 0 Å².